The number of benzene rings is 1. The molecule has 0 unspecified atom stereocenters. The third-order valence-electron chi connectivity index (χ3n) is 4.59. The minimum Gasteiger partial charge on any atom is -0.465 e. The molecule has 1 aromatic carbocycles. The molecule has 3 aromatic heterocycles. The van der Waals surface area contributed by atoms with Crippen LogP contribution in [-0.4, -0.2) is 28.4 Å². The maximum Gasteiger partial charge on any atom is 0.350 e. The minimum absolute atomic E-state index is 0.345. The molecule has 1 amide bonds. The van der Waals surface area contributed by atoms with Crippen LogP contribution in [0.4, 0.5) is 5.69 Å². The number of carbonyl (C=O) groups is 2. The predicted octanol–water partition coefficient (Wildman–Crippen LogP) is 4.72. The summed E-state index contributed by atoms with van der Waals surface area (Å²) < 4.78 is 6.58. The monoisotopic (exact) mass is 405 g/mol. The molecule has 4 rings (SSSR count). The Morgan fingerprint density at radius 3 is 2.48 bits per heavy atom. The highest BCUT2D eigenvalue weighted by Gasteiger charge is 2.23. The zero-order valence-corrected chi connectivity index (χ0v) is 17.0. The number of esters is 1. The van der Waals surface area contributed by atoms with Gasteiger partial charge in [-0.3, -0.25) is 9.20 Å². The van der Waals surface area contributed by atoms with Crippen molar-refractivity contribution in [2.45, 2.75) is 13.8 Å². The Hall–Kier alpha value is -3.45. The number of ether oxygens (including phenoxy) is 1. The lowest BCUT2D eigenvalue weighted by Gasteiger charge is -2.08. The Morgan fingerprint density at radius 1 is 1.03 bits per heavy atom. The highest BCUT2D eigenvalue weighted by molar-refractivity contribution is 7.12. The fourth-order valence-electron chi connectivity index (χ4n) is 3.12. The summed E-state index contributed by atoms with van der Waals surface area (Å²) in [6.07, 6.45) is 1.88. The van der Waals surface area contributed by atoms with Crippen molar-refractivity contribution in [3.8, 4) is 11.3 Å². The lowest BCUT2D eigenvalue weighted by Crippen LogP contribution is -2.17. The van der Waals surface area contributed by atoms with E-state index < -0.39 is 5.97 Å². The molecule has 0 aliphatic heterocycles. The van der Waals surface area contributed by atoms with Crippen LogP contribution in [0.1, 0.15) is 31.3 Å². The Bertz CT molecular complexity index is 1220. The topological polar surface area (TPSA) is 72.7 Å². The first kappa shape index (κ1) is 18.9. The molecule has 7 heteroatoms. The Labute approximate surface area is 171 Å². The van der Waals surface area contributed by atoms with Gasteiger partial charge in [0.05, 0.1) is 12.8 Å². The third kappa shape index (κ3) is 3.52. The van der Waals surface area contributed by atoms with E-state index in [1.807, 2.05) is 56.4 Å². The predicted molar refractivity (Wildman–Crippen MR) is 114 cm³/mol. The van der Waals surface area contributed by atoms with Crippen molar-refractivity contribution in [3.05, 3.63) is 75.7 Å². The number of thiophene rings is 1. The van der Waals surface area contributed by atoms with Gasteiger partial charge in [0.25, 0.3) is 5.91 Å². The van der Waals surface area contributed by atoms with Gasteiger partial charge < -0.3 is 10.1 Å². The first-order valence-electron chi connectivity index (χ1n) is 9.01. The summed E-state index contributed by atoms with van der Waals surface area (Å²) in [5.74, 6) is -0.828. The summed E-state index contributed by atoms with van der Waals surface area (Å²) in [4.78, 5) is 30.3. The van der Waals surface area contributed by atoms with E-state index in [4.69, 9.17) is 9.72 Å². The standard InChI is InChI=1S/C22H19N3O3S/c1-13-4-7-15(8-5-13)18-19(25-12-14(2)6-9-17(25)24-18)21(26)23-16-10-11-29-20(16)22(27)28-3/h4-12H,1-3H3,(H,23,26). The SMILES string of the molecule is COC(=O)c1sccc1NC(=O)c1c(-c2ccc(C)cc2)nc2ccc(C)cn12. The molecule has 29 heavy (non-hydrogen) atoms. The van der Waals surface area contributed by atoms with Gasteiger partial charge in [-0.1, -0.05) is 35.9 Å². The van der Waals surface area contributed by atoms with Crippen LogP contribution in [0, 0.1) is 13.8 Å². The van der Waals surface area contributed by atoms with Crippen LogP contribution in [0.5, 0.6) is 0 Å². The summed E-state index contributed by atoms with van der Waals surface area (Å²) in [6, 6.07) is 13.4. The van der Waals surface area contributed by atoms with E-state index in [9.17, 15) is 9.59 Å². The number of rotatable bonds is 4. The number of carbonyl (C=O) groups excluding carboxylic acids is 2. The Morgan fingerprint density at radius 2 is 1.76 bits per heavy atom. The minimum atomic E-state index is -0.483. The average molecular weight is 405 g/mol. The van der Waals surface area contributed by atoms with Gasteiger partial charge in [0.1, 0.15) is 21.9 Å². The third-order valence-corrected chi connectivity index (χ3v) is 5.49. The normalized spacial score (nSPS) is 10.9. The molecule has 0 aliphatic rings. The second kappa shape index (κ2) is 7.52. The van der Waals surface area contributed by atoms with E-state index in [-0.39, 0.29) is 5.91 Å². The lowest BCUT2D eigenvalue weighted by molar-refractivity contribution is 0.0607. The molecule has 0 bridgehead atoms. The summed E-state index contributed by atoms with van der Waals surface area (Å²) >= 11 is 1.22. The van der Waals surface area contributed by atoms with Gasteiger partial charge in [0.15, 0.2) is 0 Å². The molecule has 0 saturated heterocycles. The van der Waals surface area contributed by atoms with Gasteiger partial charge in [-0.25, -0.2) is 9.78 Å². The molecule has 0 saturated carbocycles. The summed E-state index contributed by atoms with van der Waals surface area (Å²) in [5, 5.41) is 4.59. The first-order valence-corrected chi connectivity index (χ1v) is 9.89. The quantitative estimate of drug-likeness (QED) is 0.499. The molecule has 3 heterocycles. The molecular formula is C22H19N3O3S. The number of aromatic nitrogens is 2. The lowest BCUT2D eigenvalue weighted by atomic mass is 10.1. The first-order chi connectivity index (χ1) is 14.0. The van der Waals surface area contributed by atoms with Crippen LogP contribution >= 0.6 is 11.3 Å². The molecule has 6 nitrogen and oxygen atoms in total. The molecule has 0 atom stereocenters. The van der Waals surface area contributed by atoms with Crippen molar-refractivity contribution < 1.29 is 14.3 Å². The van der Waals surface area contributed by atoms with Crippen LogP contribution in [0.3, 0.4) is 0 Å². The molecular weight excluding hydrogens is 386 g/mol. The number of pyridine rings is 1. The number of nitrogens with one attached hydrogen (secondary N) is 1. The summed E-state index contributed by atoms with van der Waals surface area (Å²) in [6.45, 7) is 3.97. The number of anilines is 1. The molecule has 0 spiro atoms. The fourth-order valence-corrected chi connectivity index (χ4v) is 3.89. The highest BCUT2D eigenvalue weighted by atomic mass is 32.1. The molecule has 0 fully saturated rings. The van der Waals surface area contributed by atoms with Gasteiger partial charge in [-0.2, -0.15) is 0 Å². The number of fused-ring (bicyclic) bond motifs is 1. The summed E-state index contributed by atoms with van der Waals surface area (Å²) in [5.41, 5.74) is 5.07. The van der Waals surface area contributed by atoms with Crippen molar-refractivity contribution >= 4 is 34.5 Å². The van der Waals surface area contributed by atoms with Crippen LogP contribution in [-0.2, 0) is 4.74 Å². The zero-order valence-electron chi connectivity index (χ0n) is 16.2. The van der Waals surface area contributed by atoms with Crippen molar-refractivity contribution in [1.29, 1.82) is 0 Å². The molecule has 1 N–H and O–H groups in total. The van der Waals surface area contributed by atoms with Gasteiger partial charge in [-0.05, 0) is 36.9 Å². The van der Waals surface area contributed by atoms with Gasteiger partial charge in [-0.15, -0.1) is 11.3 Å². The van der Waals surface area contributed by atoms with E-state index in [2.05, 4.69) is 5.32 Å². The Kier molecular flexibility index (Phi) is 4.90. The number of hydrogen-bond acceptors (Lipinski definition) is 5. The van der Waals surface area contributed by atoms with Crippen LogP contribution in [0.25, 0.3) is 16.9 Å². The van der Waals surface area contributed by atoms with E-state index in [1.54, 1.807) is 15.8 Å². The fraction of sp³-hybridized carbons (Fsp3) is 0.136. The molecule has 0 aliphatic carbocycles. The average Bonchev–Trinajstić information content (AvgIpc) is 3.32. The van der Waals surface area contributed by atoms with E-state index >= 15 is 0 Å². The Balaban J connectivity index is 1.83. The summed E-state index contributed by atoms with van der Waals surface area (Å²) in [7, 11) is 1.32. The van der Waals surface area contributed by atoms with Crippen LogP contribution in [0.2, 0.25) is 0 Å². The second-order valence-electron chi connectivity index (χ2n) is 6.72. The van der Waals surface area contributed by atoms with E-state index in [1.165, 1.54) is 18.4 Å². The van der Waals surface area contributed by atoms with Gasteiger partial charge in [0, 0.05) is 11.8 Å². The van der Waals surface area contributed by atoms with Crippen molar-refractivity contribution in [1.82, 2.24) is 9.38 Å². The number of nitrogens with zero attached hydrogens (tertiary/aromatic N) is 2. The van der Waals surface area contributed by atoms with Crippen molar-refractivity contribution in [3.63, 3.8) is 0 Å². The number of hydrogen-bond donors (Lipinski definition) is 1. The van der Waals surface area contributed by atoms with Crippen molar-refractivity contribution in [2.24, 2.45) is 0 Å². The smallest absolute Gasteiger partial charge is 0.350 e. The largest absolute Gasteiger partial charge is 0.465 e. The van der Waals surface area contributed by atoms with Crippen molar-refractivity contribution in [2.75, 3.05) is 12.4 Å². The number of amides is 1. The molecule has 0 radical (unpaired) electrons. The molecule has 4 aromatic rings. The van der Waals surface area contributed by atoms with Gasteiger partial charge >= 0.3 is 5.97 Å². The highest BCUT2D eigenvalue weighted by Crippen LogP contribution is 2.28. The van der Waals surface area contributed by atoms with Crippen LogP contribution in [0.15, 0.2) is 54.0 Å². The second-order valence-corrected chi connectivity index (χ2v) is 7.63. The molecule has 146 valence electrons. The zero-order chi connectivity index (χ0) is 20.5. The number of aryl methyl sites for hydroxylation is 2. The number of imidazole rings is 1. The number of methoxy groups -OCH3 is 1. The van der Waals surface area contributed by atoms with E-state index in [0.29, 0.717) is 27.6 Å². The van der Waals surface area contributed by atoms with Crippen LogP contribution < -0.4 is 5.32 Å². The maximum absolute atomic E-state index is 13.3. The van der Waals surface area contributed by atoms with Gasteiger partial charge in [0.2, 0.25) is 0 Å². The van der Waals surface area contributed by atoms with E-state index in [0.717, 1.165) is 16.7 Å². The maximum atomic E-state index is 13.3.